The van der Waals surface area contributed by atoms with Crippen molar-refractivity contribution in [3.05, 3.63) is 36.5 Å². The molecule has 0 aromatic heterocycles. The van der Waals surface area contributed by atoms with Crippen molar-refractivity contribution in [2.75, 3.05) is 0 Å². The van der Waals surface area contributed by atoms with Crippen molar-refractivity contribution in [1.82, 2.24) is 0 Å². The van der Waals surface area contributed by atoms with Crippen LogP contribution in [0.2, 0.25) is 0 Å². The Kier molecular flexibility index (Phi) is 36.1. The minimum absolute atomic E-state index is 0.0238. The van der Waals surface area contributed by atoms with E-state index in [0.717, 1.165) is 70.6 Å². The predicted octanol–water partition coefficient (Wildman–Crippen LogP) is 13.8. The first-order valence-electron chi connectivity index (χ1n) is 20.0. The van der Waals surface area contributed by atoms with Crippen molar-refractivity contribution < 1.29 is 19.4 Å². The van der Waals surface area contributed by atoms with Crippen molar-refractivity contribution in [3.63, 3.8) is 0 Å². The third kappa shape index (κ3) is 36.6. The molecule has 1 unspecified atom stereocenters. The fourth-order valence-corrected chi connectivity index (χ4v) is 5.96. The minimum Gasteiger partial charge on any atom is -0.481 e. The highest BCUT2D eigenvalue weighted by atomic mass is 16.5. The van der Waals surface area contributed by atoms with E-state index in [0.29, 0.717) is 12.8 Å². The Balaban J connectivity index is 3.84. The number of aliphatic carboxylic acids is 1. The molecule has 0 aromatic rings. The summed E-state index contributed by atoms with van der Waals surface area (Å²) in [6.45, 7) is 4.42. The van der Waals surface area contributed by atoms with Crippen LogP contribution in [0.25, 0.3) is 0 Å². The summed E-state index contributed by atoms with van der Waals surface area (Å²) in [5.74, 6) is -0.655. The molecular weight excluding hydrogens is 568 g/mol. The van der Waals surface area contributed by atoms with Crippen LogP contribution in [-0.4, -0.2) is 23.1 Å². The normalized spacial score (nSPS) is 12.6. The number of hydrogen-bond acceptors (Lipinski definition) is 3. The van der Waals surface area contributed by atoms with E-state index < -0.39 is 5.97 Å². The van der Waals surface area contributed by atoms with E-state index in [-0.39, 0.29) is 12.1 Å². The number of allylic oxidation sites excluding steroid dienone is 6. The lowest BCUT2D eigenvalue weighted by Gasteiger charge is -2.18. The molecule has 0 aliphatic rings. The Morgan fingerprint density at radius 3 is 1.41 bits per heavy atom. The first-order valence-corrected chi connectivity index (χ1v) is 20.0. The van der Waals surface area contributed by atoms with Gasteiger partial charge in [0.25, 0.3) is 0 Å². The maximum Gasteiger partial charge on any atom is 0.306 e. The van der Waals surface area contributed by atoms with Crippen molar-refractivity contribution in [1.29, 1.82) is 0 Å². The quantitative estimate of drug-likeness (QED) is 0.0419. The Labute approximate surface area is 286 Å². The second-order valence-corrected chi connectivity index (χ2v) is 13.4. The van der Waals surface area contributed by atoms with Gasteiger partial charge >= 0.3 is 11.9 Å². The van der Waals surface area contributed by atoms with Crippen LogP contribution in [0.5, 0.6) is 0 Å². The van der Waals surface area contributed by atoms with E-state index in [1.54, 1.807) is 0 Å². The molecule has 4 nitrogen and oxygen atoms in total. The molecule has 0 spiro atoms. The molecule has 268 valence electrons. The highest BCUT2D eigenvalue weighted by molar-refractivity contribution is 5.69. The number of carbonyl (C=O) groups excluding carboxylic acids is 1. The van der Waals surface area contributed by atoms with Gasteiger partial charge in [0.1, 0.15) is 6.10 Å². The Bertz CT molecular complexity index is 738. The van der Waals surface area contributed by atoms with Gasteiger partial charge in [-0.2, -0.15) is 0 Å². The molecule has 4 heteroatoms. The number of carboxylic acids is 1. The number of rotatable bonds is 36. The van der Waals surface area contributed by atoms with Gasteiger partial charge in [-0.1, -0.05) is 166 Å². The monoisotopic (exact) mass is 645 g/mol. The summed E-state index contributed by atoms with van der Waals surface area (Å²) in [4.78, 5) is 23.2. The van der Waals surface area contributed by atoms with Crippen LogP contribution < -0.4 is 0 Å². The van der Waals surface area contributed by atoms with Crippen LogP contribution in [0.3, 0.4) is 0 Å². The number of hydrogen-bond donors (Lipinski definition) is 1. The SMILES string of the molecule is CC/C=C\C/C=C\C/C=C\CCCCCCCCCCCC(=O)OC(CCCCCCC)CCCCCCCCCCCC(=O)O. The van der Waals surface area contributed by atoms with Crippen molar-refractivity contribution in [2.24, 2.45) is 0 Å². The summed E-state index contributed by atoms with van der Waals surface area (Å²) >= 11 is 0. The number of carbonyl (C=O) groups is 2. The van der Waals surface area contributed by atoms with Gasteiger partial charge < -0.3 is 9.84 Å². The van der Waals surface area contributed by atoms with Crippen molar-refractivity contribution in [2.45, 2.75) is 219 Å². The highest BCUT2D eigenvalue weighted by Gasteiger charge is 2.14. The molecule has 0 saturated carbocycles. The summed E-state index contributed by atoms with van der Waals surface area (Å²) in [5, 5.41) is 8.71. The molecule has 1 atom stereocenters. The molecule has 0 radical (unpaired) electrons. The fourth-order valence-electron chi connectivity index (χ4n) is 5.96. The third-order valence-electron chi connectivity index (χ3n) is 8.88. The van der Waals surface area contributed by atoms with E-state index in [2.05, 4.69) is 50.3 Å². The zero-order valence-corrected chi connectivity index (χ0v) is 30.6. The molecule has 0 bridgehead atoms. The Morgan fingerprint density at radius 1 is 0.500 bits per heavy atom. The lowest BCUT2D eigenvalue weighted by atomic mass is 10.0. The Morgan fingerprint density at radius 2 is 0.913 bits per heavy atom. The van der Waals surface area contributed by atoms with Crippen LogP contribution in [0.1, 0.15) is 213 Å². The third-order valence-corrected chi connectivity index (χ3v) is 8.88. The molecule has 0 saturated heterocycles. The van der Waals surface area contributed by atoms with Gasteiger partial charge in [-0.15, -0.1) is 0 Å². The minimum atomic E-state index is -0.679. The summed E-state index contributed by atoms with van der Waals surface area (Å²) in [6, 6.07) is 0. The Hall–Kier alpha value is -1.84. The lowest BCUT2D eigenvalue weighted by molar-refractivity contribution is -0.150. The lowest BCUT2D eigenvalue weighted by Crippen LogP contribution is -2.18. The zero-order valence-electron chi connectivity index (χ0n) is 30.6. The van der Waals surface area contributed by atoms with Crippen molar-refractivity contribution in [3.8, 4) is 0 Å². The second-order valence-electron chi connectivity index (χ2n) is 13.4. The summed E-state index contributed by atoms with van der Waals surface area (Å²) in [5.41, 5.74) is 0. The van der Waals surface area contributed by atoms with Crippen LogP contribution in [0.15, 0.2) is 36.5 Å². The molecule has 46 heavy (non-hydrogen) atoms. The van der Waals surface area contributed by atoms with E-state index in [9.17, 15) is 9.59 Å². The molecule has 0 rings (SSSR count). The number of esters is 1. The van der Waals surface area contributed by atoms with Crippen molar-refractivity contribution >= 4 is 11.9 Å². The van der Waals surface area contributed by atoms with E-state index in [1.165, 1.54) is 116 Å². The molecule has 0 amide bonds. The van der Waals surface area contributed by atoms with Gasteiger partial charge in [0, 0.05) is 12.8 Å². The first kappa shape index (κ1) is 44.2. The zero-order chi connectivity index (χ0) is 33.6. The van der Waals surface area contributed by atoms with E-state index in [4.69, 9.17) is 9.84 Å². The maximum absolute atomic E-state index is 12.6. The number of carboxylic acid groups (broad SMARTS) is 1. The van der Waals surface area contributed by atoms with Crippen LogP contribution in [0, 0.1) is 0 Å². The van der Waals surface area contributed by atoms with Gasteiger partial charge in [0.05, 0.1) is 0 Å². The molecular formula is C42H76O4. The average molecular weight is 645 g/mol. The highest BCUT2D eigenvalue weighted by Crippen LogP contribution is 2.19. The summed E-state index contributed by atoms with van der Waals surface area (Å²) < 4.78 is 6.00. The van der Waals surface area contributed by atoms with Crippen LogP contribution in [0.4, 0.5) is 0 Å². The second kappa shape index (κ2) is 37.6. The molecule has 0 aliphatic heterocycles. The molecule has 1 N–H and O–H groups in total. The largest absolute Gasteiger partial charge is 0.481 e. The molecule has 0 heterocycles. The van der Waals surface area contributed by atoms with Crippen LogP contribution >= 0.6 is 0 Å². The molecule has 0 aromatic carbocycles. The van der Waals surface area contributed by atoms with E-state index in [1.807, 2.05) is 0 Å². The molecule has 0 aliphatic carbocycles. The van der Waals surface area contributed by atoms with Gasteiger partial charge in [-0.25, -0.2) is 0 Å². The number of ether oxygens (including phenoxy) is 1. The van der Waals surface area contributed by atoms with Gasteiger partial charge in [0.15, 0.2) is 0 Å². The average Bonchev–Trinajstić information content (AvgIpc) is 3.04. The molecule has 0 fully saturated rings. The fraction of sp³-hybridized carbons (Fsp3) is 0.810. The number of unbranched alkanes of at least 4 members (excludes halogenated alkanes) is 21. The van der Waals surface area contributed by atoms with Gasteiger partial charge in [-0.3, -0.25) is 9.59 Å². The smallest absolute Gasteiger partial charge is 0.306 e. The topological polar surface area (TPSA) is 63.6 Å². The predicted molar refractivity (Wildman–Crippen MR) is 199 cm³/mol. The van der Waals surface area contributed by atoms with E-state index >= 15 is 0 Å². The maximum atomic E-state index is 12.6. The standard InChI is InChI=1S/C42H76O4/c1-3-5-7-9-10-11-12-13-14-15-16-17-18-19-20-24-27-31-35-39-42(45)46-40(36-32-28-8-6-4-2)37-33-29-25-22-21-23-26-30-34-38-41(43)44/h5,7,10-11,13-14,40H,3-4,6,8-9,12,15-39H2,1-2H3,(H,43,44)/b7-5-,11-10-,14-13-. The van der Waals surface area contributed by atoms with Crippen LogP contribution in [-0.2, 0) is 14.3 Å². The summed E-state index contributed by atoms with van der Waals surface area (Å²) in [7, 11) is 0. The van der Waals surface area contributed by atoms with Gasteiger partial charge in [0.2, 0.25) is 0 Å². The summed E-state index contributed by atoms with van der Waals surface area (Å²) in [6.07, 6.45) is 49.0. The van der Waals surface area contributed by atoms with Gasteiger partial charge in [-0.05, 0) is 70.6 Å². The first-order chi connectivity index (χ1) is 22.6.